The zero-order valence-electron chi connectivity index (χ0n) is 15.4. The van der Waals surface area contributed by atoms with Crippen molar-refractivity contribution in [2.75, 3.05) is 13.2 Å². The Balaban J connectivity index is 1.53. The summed E-state index contributed by atoms with van der Waals surface area (Å²) in [7, 11) is 0. The van der Waals surface area contributed by atoms with E-state index in [4.69, 9.17) is 9.47 Å². The van der Waals surface area contributed by atoms with Crippen LogP contribution in [0.25, 0.3) is 0 Å². The molecule has 0 aliphatic carbocycles. The molecule has 28 heavy (non-hydrogen) atoms. The van der Waals surface area contributed by atoms with Crippen LogP contribution in [0.1, 0.15) is 18.1 Å². The van der Waals surface area contributed by atoms with Gasteiger partial charge in [-0.1, -0.05) is 36.4 Å². The maximum Gasteiger partial charge on any atom is 0.344 e. The van der Waals surface area contributed by atoms with Gasteiger partial charge in [0.25, 0.3) is 5.91 Å². The van der Waals surface area contributed by atoms with Gasteiger partial charge in [-0.2, -0.15) is 0 Å². The quantitative estimate of drug-likeness (QED) is 0.431. The molecule has 3 rings (SSSR count). The van der Waals surface area contributed by atoms with E-state index in [0.717, 1.165) is 12.0 Å². The van der Waals surface area contributed by atoms with Crippen molar-refractivity contribution < 1.29 is 24.0 Å². The summed E-state index contributed by atoms with van der Waals surface area (Å²) in [5.41, 5.74) is 2.06. The number of benzene rings is 2. The highest BCUT2D eigenvalue weighted by Gasteiger charge is 2.27. The first-order valence-electron chi connectivity index (χ1n) is 8.87. The summed E-state index contributed by atoms with van der Waals surface area (Å²) in [5, 5.41) is 11.0. The largest absolute Gasteiger partial charge is 0.475 e. The van der Waals surface area contributed by atoms with E-state index in [1.165, 1.54) is 30.7 Å². The molecule has 0 spiro atoms. The van der Waals surface area contributed by atoms with Crippen LogP contribution in [-0.4, -0.2) is 41.0 Å². The van der Waals surface area contributed by atoms with Crippen molar-refractivity contribution in [2.45, 2.75) is 26.0 Å². The number of para-hydroxylation sites is 2. The van der Waals surface area contributed by atoms with Gasteiger partial charge in [0.15, 0.2) is 18.5 Å². The summed E-state index contributed by atoms with van der Waals surface area (Å²) in [4.78, 5) is 36.6. The first-order valence-corrected chi connectivity index (χ1v) is 8.87. The van der Waals surface area contributed by atoms with Crippen molar-refractivity contribution >= 4 is 17.6 Å². The van der Waals surface area contributed by atoms with E-state index >= 15 is 0 Å². The fourth-order valence-corrected chi connectivity index (χ4v) is 3.09. The van der Waals surface area contributed by atoms with Crippen LogP contribution in [0.5, 0.6) is 5.75 Å². The fraction of sp³-hybridized carbons (Fsp3) is 0.300. The monoisotopic (exact) mass is 384 g/mol. The van der Waals surface area contributed by atoms with Gasteiger partial charge in [0.05, 0.1) is 4.92 Å². The molecule has 1 heterocycles. The van der Waals surface area contributed by atoms with Gasteiger partial charge >= 0.3 is 11.7 Å². The number of fused-ring (bicyclic) bond motifs is 1. The molecule has 1 aliphatic rings. The molecule has 0 unspecified atom stereocenters. The standard InChI is InChI=1S/C20H20N2O6/c1-14(20(24)21-11-10-15-6-2-3-7-16(15)12-21)28-19(23)13-27-18-9-5-4-8-17(18)22(25)26/h2-9,14H,10-13H2,1H3/t14-/m0/s1. The van der Waals surface area contributed by atoms with Crippen molar-refractivity contribution in [2.24, 2.45) is 0 Å². The molecule has 0 saturated carbocycles. The van der Waals surface area contributed by atoms with Gasteiger partial charge in [0, 0.05) is 19.2 Å². The number of rotatable bonds is 6. The normalized spacial score (nSPS) is 14.0. The van der Waals surface area contributed by atoms with Gasteiger partial charge in [-0.3, -0.25) is 14.9 Å². The molecule has 1 aliphatic heterocycles. The van der Waals surface area contributed by atoms with Gasteiger partial charge in [-0.15, -0.1) is 0 Å². The second kappa shape index (κ2) is 8.51. The number of amides is 1. The van der Waals surface area contributed by atoms with Crippen LogP contribution in [0.2, 0.25) is 0 Å². The number of carbonyl (C=O) groups is 2. The Morgan fingerprint density at radius 2 is 1.82 bits per heavy atom. The maximum absolute atomic E-state index is 12.6. The van der Waals surface area contributed by atoms with Gasteiger partial charge in [-0.05, 0) is 30.5 Å². The van der Waals surface area contributed by atoms with E-state index < -0.39 is 23.6 Å². The van der Waals surface area contributed by atoms with E-state index in [9.17, 15) is 19.7 Å². The highest BCUT2D eigenvalue weighted by molar-refractivity contribution is 5.84. The van der Waals surface area contributed by atoms with Crippen LogP contribution in [0.3, 0.4) is 0 Å². The molecule has 2 aromatic carbocycles. The molecule has 0 fully saturated rings. The summed E-state index contributed by atoms with van der Waals surface area (Å²) < 4.78 is 10.3. The molecule has 8 nitrogen and oxygen atoms in total. The average Bonchev–Trinajstić information content (AvgIpc) is 2.71. The number of hydrogen-bond donors (Lipinski definition) is 0. The lowest BCUT2D eigenvalue weighted by molar-refractivity contribution is -0.385. The minimum atomic E-state index is -0.966. The smallest absolute Gasteiger partial charge is 0.344 e. The van der Waals surface area contributed by atoms with Gasteiger partial charge in [-0.25, -0.2) is 4.79 Å². The Morgan fingerprint density at radius 3 is 2.57 bits per heavy atom. The molecular weight excluding hydrogens is 364 g/mol. The van der Waals surface area contributed by atoms with Crippen molar-refractivity contribution in [3.8, 4) is 5.75 Å². The molecule has 1 amide bonds. The molecule has 8 heteroatoms. The lowest BCUT2D eigenvalue weighted by Gasteiger charge is -2.30. The molecule has 0 N–H and O–H groups in total. The zero-order chi connectivity index (χ0) is 20.1. The average molecular weight is 384 g/mol. The third kappa shape index (κ3) is 4.46. The Hall–Kier alpha value is -3.42. The van der Waals surface area contributed by atoms with E-state index in [1.54, 1.807) is 11.0 Å². The van der Waals surface area contributed by atoms with Gasteiger partial charge in [0.1, 0.15) is 0 Å². The Labute approximate surface area is 161 Å². The van der Waals surface area contributed by atoms with Crippen molar-refractivity contribution in [3.63, 3.8) is 0 Å². The minimum Gasteiger partial charge on any atom is -0.475 e. The lowest BCUT2D eigenvalue weighted by Crippen LogP contribution is -2.43. The van der Waals surface area contributed by atoms with Gasteiger partial charge < -0.3 is 14.4 Å². The SMILES string of the molecule is C[C@H](OC(=O)COc1ccccc1[N+](=O)[O-])C(=O)N1CCc2ccccc2C1. The predicted octanol–water partition coefficient (Wildman–Crippen LogP) is 2.49. The van der Waals surface area contributed by atoms with E-state index in [1.807, 2.05) is 24.3 Å². The van der Waals surface area contributed by atoms with Crippen LogP contribution in [-0.2, 0) is 27.3 Å². The molecule has 0 radical (unpaired) electrons. The molecule has 146 valence electrons. The predicted molar refractivity (Wildman–Crippen MR) is 99.7 cm³/mol. The fourth-order valence-electron chi connectivity index (χ4n) is 3.09. The van der Waals surface area contributed by atoms with E-state index in [0.29, 0.717) is 13.1 Å². The number of nitrogens with zero attached hydrogens (tertiary/aromatic N) is 2. The molecule has 1 atom stereocenters. The number of ether oxygens (including phenoxy) is 2. The maximum atomic E-state index is 12.6. The van der Waals surface area contributed by atoms with Crippen LogP contribution < -0.4 is 4.74 Å². The number of hydrogen-bond acceptors (Lipinski definition) is 6. The van der Waals surface area contributed by atoms with Crippen LogP contribution in [0.4, 0.5) is 5.69 Å². The summed E-state index contributed by atoms with van der Waals surface area (Å²) in [6.45, 7) is 2.02. The van der Waals surface area contributed by atoms with Crippen LogP contribution in [0.15, 0.2) is 48.5 Å². The summed E-state index contributed by atoms with van der Waals surface area (Å²) in [5.74, 6) is -1.08. The Bertz CT molecular complexity index is 898. The third-order valence-corrected chi connectivity index (χ3v) is 4.51. The van der Waals surface area contributed by atoms with E-state index in [-0.39, 0.29) is 17.3 Å². The number of nitro benzene ring substituents is 1. The first kappa shape index (κ1) is 19.3. The molecule has 0 aromatic heterocycles. The van der Waals surface area contributed by atoms with Gasteiger partial charge in [0.2, 0.25) is 0 Å². The third-order valence-electron chi connectivity index (χ3n) is 4.51. The summed E-state index contributed by atoms with van der Waals surface area (Å²) in [6.07, 6.45) is -0.212. The Kier molecular flexibility index (Phi) is 5.88. The number of nitro groups is 1. The van der Waals surface area contributed by atoms with Crippen molar-refractivity contribution in [1.29, 1.82) is 0 Å². The van der Waals surface area contributed by atoms with Crippen LogP contribution in [0, 0.1) is 10.1 Å². The molecule has 0 bridgehead atoms. The number of esters is 1. The zero-order valence-corrected chi connectivity index (χ0v) is 15.4. The van der Waals surface area contributed by atoms with Crippen molar-refractivity contribution in [1.82, 2.24) is 4.90 Å². The highest BCUT2D eigenvalue weighted by atomic mass is 16.6. The van der Waals surface area contributed by atoms with Crippen LogP contribution >= 0.6 is 0 Å². The minimum absolute atomic E-state index is 0.0314. The molecule has 0 saturated heterocycles. The summed E-state index contributed by atoms with van der Waals surface area (Å²) >= 11 is 0. The highest BCUT2D eigenvalue weighted by Crippen LogP contribution is 2.25. The van der Waals surface area contributed by atoms with Crippen molar-refractivity contribution in [3.05, 3.63) is 69.8 Å². The van der Waals surface area contributed by atoms with E-state index in [2.05, 4.69) is 0 Å². The Morgan fingerprint density at radius 1 is 1.14 bits per heavy atom. The lowest BCUT2D eigenvalue weighted by atomic mass is 9.99. The molecule has 2 aromatic rings. The first-order chi connectivity index (χ1) is 13.5. The summed E-state index contributed by atoms with van der Waals surface area (Å²) in [6, 6.07) is 13.7. The topological polar surface area (TPSA) is 99.0 Å². The number of carbonyl (C=O) groups excluding carboxylic acids is 2. The second-order valence-corrected chi connectivity index (χ2v) is 6.42. The molecular formula is C20H20N2O6. The second-order valence-electron chi connectivity index (χ2n) is 6.42.